The second-order valence-electron chi connectivity index (χ2n) is 6.35. The predicted octanol–water partition coefficient (Wildman–Crippen LogP) is 4.80. The van der Waals surface area contributed by atoms with Crippen molar-refractivity contribution in [1.82, 2.24) is 5.32 Å². The van der Waals surface area contributed by atoms with E-state index in [0.717, 1.165) is 16.9 Å². The number of nitrogens with one attached hydrogen (secondary N) is 1. The lowest BCUT2D eigenvalue weighted by molar-refractivity contribution is -0.384. The first-order valence-corrected chi connectivity index (χ1v) is 9.38. The molecule has 7 heteroatoms. The highest BCUT2D eigenvalue weighted by molar-refractivity contribution is 6.33. The van der Waals surface area contributed by atoms with Crippen LogP contribution in [0.2, 0.25) is 5.02 Å². The van der Waals surface area contributed by atoms with Crippen LogP contribution < -0.4 is 10.1 Å². The Balaban J connectivity index is 1.50. The summed E-state index contributed by atoms with van der Waals surface area (Å²) in [7, 11) is 0. The van der Waals surface area contributed by atoms with Gasteiger partial charge in [0.2, 0.25) is 0 Å². The third kappa shape index (κ3) is 5.80. The van der Waals surface area contributed by atoms with Crippen LogP contribution in [0.3, 0.4) is 0 Å². The van der Waals surface area contributed by atoms with Gasteiger partial charge in [0.25, 0.3) is 11.6 Å². The number of nitro groups is 1. The Hall–Kier alpha value is -3.38. The first-order chi connectivity index (χ1) is 14.0. The molecule has 29 heavy (non-hydrogen) atoms. The van der Waals surface area contributed by atoms with Crippen molar-refractivity contribution in [3.05, 3.63) is 105 Å². The van der Waals surface area contributed by atoms with Crippen molar-refractivity contribution in [2.45, 2.75) is 13.0 Å². The minimum absolute atomic E-state index is 0.0885. The molecule has 148 valence electrons. The van der Waals surface area contributed by atoms with Gasteiger partial charge in [-0.25, -0.2) is 0 Å². The highest BCUT2D eigenvalue weighted by Gasteiger charge is 2.15. The number of nitro benzene ring substituents is 1. The minimum atomic E-state index is -0.561. The van der Waals surface area contributed by atoms with Gasteiger partial charge in [-0.05, 0) is 35.7 Å². The Labute approximate surface area is 173 Å². The molecule has 6 nitrogen and oxygen atoms in total. The van der Waals surface area contributed by atoms with Gasteiger partial charge in [0.05, 0.1) is 15.5 Å². The summed E-state index contributed by atoms with van der Waals surface area (Å²) >= 11 is 5.99. The molecular weight excluding hydrogens is 392 g/mol. The molecule has 3 rings (SSSR count). The van der Waals surface area contributed by atoms with Crippen LogP contribution in [-0.2, 0) is 13.0 Å². The molecule has 3 aromatic carbocycles. The summed E-state index contributed by atoms with van der Waals surface area (Å²) in [6, 6.07) is 21.3. The van der Waals surface area contributed by atoms with E-state index in [0.29, 0.717) is 19.6 Å². The lowest BCUT2D eigenvalue weighted by Gasteiger charge is -2.09. The summed E-state index contributed by atoms with van der Waals surface area (Å²) in [5.74, 6) is 0.325. The third-order valence-corrected chi connectivity index (χ3v) is 4.61. The molecule has 0 aliphatic rings. The Kier molecular flexibility index (Phi) is 6.81. The molecule has 0 bridgehead atoms. The molecule has 0 unspecified atom stereocenters. The van der Waals surface area contributed by atoms with Crippen LogP contribution in [0.5, 0.6) is 5.75 Å². The maximum absolute atomic E-state index is 12.3. The molecule has 0 radical (unpaired) electrons. The first-order valence-electron chi connectivity index (χ1n) is 9.01. The van der Waals surface area contributed by atoms with Gasteiger partial charge in [-0.2, -0.15) is 0 Å². The minimum Gasteiger partial charge on any atom is -0.489 e. The summed E-state index contributed by atoms with van der Waals surface area (Å²) < 4.78 is 5.75. The van der Waals surface area contributed by atoms with Crippen LogP contribution in [0.15, 0.2) is 72.8 Å². The van der Waals surface area contributed by atoms with Crippen LogP contribution in [0, 0.1) is 10.1 Å². The number of hydrogen-bond donors (Lipinski definition) is 1. The van der Waals surface area contributed by atoms with Crippen molar-refractivity contribution in [2.75, 3.05) is 6.54 Å². The summed E-state index contributed by atoms with van der Waals surface area (Å²) in [6.45, 7) is 0.877. The maximum atomic E-state index is 12.3. The van der Waals surface area contributed by atoms with Crippen molar-refractivity contribution in [2.24, 2.45) is 0 Å². The highest BCUT2D eigenvalue weighted by Crippen LogP contribution is 2.22. The Morgan fingerprint density at radius 2 is 1.72 bits per heavy atom. The largest absolute Gasteiger partial charge is 0.489 e. The van der Waals surface area contributed by atoms with Gasteiger partial charge in [-0.15, -0.1) is 0 Å². The fourth-order valence-corrected chi connectivity index (χ4v) is 2.91. The molecule has 0 saturated heterocycles. The number of carbonyl (C=O) groups excluding carboxylic acids is 1. The summed E-state index contributed by atoms with van der Waals surface area (Å²) in [5.41, 5.74) is 2.04. The smallest absolute Gasteiger partial charge is 0.270 e. The third-order valence-electron chi connectivity index (χ3n) is 4.28. The number of rotatable bonds is 8. The molecule has 1 amide bonds. The number of hydrogen-bond acceptors (Lipinski definition) is 4. The van der Waals surface area contributed by atoms with Crippen LogP contribution in [0.1, 0.15) is 21.5 Å². The van der Waals surface area contributed by atoms with Crippen molar-refractivity contribution >= 4 is 23.2 Å². The number of non-ortho nitro benzene ring substituents is 1. The monoisotopic (exact) mass is 410 g/mol. The molecule has 0 spiro atoms. The van der Waals surface area contributed by atoms with Gasteiger partial charge in [0, 0.05) is 18.7 Å². The standard InChI is InChI=1S/C22H19ClN2O4/c23-21-11-8-18(25(27)28)14-20(21)22(26)24-13-12-16-6-9-19(10-7-16)29-15-17-4-2-1-3-5-17/h1-11,14H,12-13,15H2,(H,24,26). The van der Waals surface area contributed by atoms with E-state index in [9.17, 15) is 14.9 Å². The molecule has 0 aliphatic heterocycles. The molecule has 0 fully saturated rings. The normalized spacial score (nSPS) is 10.4. The van der Waals surface area contributed by atoms with Crippen LogP contribution >= 0.6 is 11.6 Å². The SMILES string of the molecule is O=C(NCCc1ccc(OCc2ccccc2)cc1)c1cc([N+](=O)[O-])ccc1Cl. The van der Waals surface area contributed by atoms with Gasteiger partial charge < -0.3 is 10.1 Å². The van der Waals surface area contributed by atoms with E-state index in [1.165, 1.54) is 18.2 Å². The Bertz CT molecular complexity index is 991. The van der Waals surface area contributed by atoms with Crippen molar-refractivity contribution in [3.63, 3.8) is 0 Å². The zero-order valence-corrected chi connectivity index (χ0v) is 16.3. The number of halogens is 1. The van der Waals surface area contributed by atoms with E-state index in [-0.39, 0.29) is 16.3 Å². The first kappa shape index (κ1) is 20.4. The fraction of sp³-hybridized carbons (Fsp3) is 0.136. The molecule has 1 N–H and O–H groups in total. The average Bonchev–Trinajstić information content (AvgIpc) is 2.74. The van der Waals surface area contributed by atoms with E-state index >= 15 is 0 Å². The zero-order valence-electron chi connectivity index (χ0n) is 15.5. The van der Waals surface area contributed by atoms with Gasteiger partial charge >= 0.3 is 0 Å². The topological polar surface area (TPSA) is 81.5 Å². The second kappa shape index (κ2) is 9.71. The Morgan fingerprint density at radius 3 is 2.41 bits per heavy atom. The van der Waals surface area contributed by atoms with E-state index in [2.05, 4.69) is 5.32 Å². The van der Waals surface area contributed by atoms with Crippen molar-refractivity contribution in [3.8, 4) is 5.75 Å². The van der Waals surface area contributed by atoms with E-state index < -0.39 is 10.8 Å². The molecule has 0 heterocycles. The van der Waals surface area contributed by atoms with Crippen LogP contribution in [-0.4, -0.2) is 17.4 Å². The number of nitrogens with zero attached hydrogens (tertiary/aromatic N) is 1. The van der Waals surface area contributed by atoms with Crippen molar-refractivity contribution in [1.29, 1.82) is 0 Å². The van der Waals surface area contributed by atoms with Crippen molar-refractivity contribution < 1.29 is 14.5 Å². The summed E-state index contributed by atoms with van der Waals surface area (Å²) in [4.78, 5) is 22.6. The van der Waals surface area contributed by atoms with Crippen LogP contribution in [0.25, 0.3) is 0 Å². The molecule has 0 aromatic heterocycles. The highest BCUT2D eigenvalue weighted by atomic mass is 35.5. The van der Waals surface area contributed by atoms with Gasteiger partial charge in [-0.3, -0.25) is 14.9 Å². The number of benzene rings is 3. The van der Waals surface area contributed by atoms with Crippen LogP contribution in [0.4, 0.5) is 5.69 Å². The molecular formula is C22H19ClN2O4. The number of amides is 1. The maximum Gasteiger partial charge on any atom is 0.270 e. The van der Waals surface area contributed by atoms with Gasteiger partial charge in [0.1, 0.15) is 12.4 Å². The number of carbonyl (C=O) groups is 1. The van der Waals surface area contributed by atoms with Gasteiger partial charge in [0.15, 0.2) is 0 Å². The van der Waals surface area contributed by atoms with Gasteiger partial charge in [-0.1, -0.05) is 54.1 Å². The zero-order chi connectivity index (χ0) is 20.6. The Morgan fingerprint density at radius 1 is 1.00 bits per heavy atom. The lowest BCUT2D eigenvalue weighted by atomic mass is 10.1. The van der Waals surface area contributed by atoms with E-state index in [4.69, 9.17) is 16.3 Å². The fourth-order valence-electron chi connectivity index (χ4n) is 2.71. The van der Waals surface area contributed by atoms with E-state index in [1.54, 1.807) is 0 Å². The predicted molar refractivity (Wildman–Crippen MR) is 111 cm³/mol. The number of ether oxygens (including phenoxy) is 1. The second-order valence-corrected chi connectivity index (χ2v) is 6.75. The summed E-state index contributed by atoms with van der Waals surface area (Å²) in [5, 5.41) is 13.8. The van der Waals surface area contributed by atoms with E-state index in [1.807, 2.05) is 54.6 Å². The molecule has 3 aromatic rings. The molecule has 0 saturated carbocycles. The summed E-state index contributed by atoms with van der Waals surface area (Å²) in [6.07, 6.45) is 0.608. The molecule has 0 aliphatic carbocycles. The average molecular weight is 411 g/mol. The quantitative estimate of drug-likeness (QED) is 0.427. The lowest BCUT2D eigenvalue weighted by Crippen LogP contribution is -2.26. The molecule has 0 atom stereocenters.